The maximum absolute atomic E-state index is 12.5. The molecule has 1 aliphatic rings. The van der Waals surface area contributed by atoms with Crippen LogP contribution in [0.4, 0.5) is 5.00 Å². The van der Waals surface area contributed by atoms with Crippen molar-refractivity contribution < 1.29 is 19.1 Å². The zero-order valence-corrected chi connectivity index (χ0v) is 18.6. The van der Waals surface area contributed by atoms with E-state index in [1.807, 2.05) is 24.3 Å². The van der Waals surface area contributed by atoms with Gasteiger partial charge in [0.1, 0.15) is 10.8 Å². The van der Waals surface area contributed by atoms with Crippen molar-refractivity contribution in [2.75, 3.05) is 19.0 Å². The molecular formula is C23H29NO4S. The van der Waals surface area contributed by atoms with E-state index in [1.54, 1.807) is 0 Å². The highest BCUT2D eigenvalue weighted by molar-refractivity contribution is 7.17. The molecule has 1 aromatic carbocycles. The summed E-state index contributed by atoms with van der Waals surface area (Å²) in [6, 6.07) is 7.77. The third-order valence-corrected chi connectivity index (χ3v) is 6.41. The molecule has 2 aromatic rings. The van der Waals surface area contributed by atoms with Crippen molar-refractivity contribution in [2.45, 2.75) is 52.4 Å². The predicted octanol–water partition coefficient (Wildman–Crippen LogP) is 4.97. The molecule has 0 radical (unpaired) electrons. The molecule has 1 aromatic heterocycles. The molecule has 3 rings (SSSR count). The normalized spacial score (nSPS) is 16.1. The summed E-state index contributed by atoms with van der Waals surface area (Å²) >= 11 is 1.48. The van der Waals surface area contributed by atoms with Gasteiger partial charge in [0.05, 0.1) is 12.7 Å². The second-order valence-corrected chi connectivity index (χ2v) is 9.76. The predicted molar refractivity (Wildman–Crippen MR) is 116 cm³/mol. The summed E-state index contributed by atoms with van der Waals surface area (Å²) in [4.78, 5) is 26.0. The number of hydrogen-bond acceptors (Lipinski definition) is 5. The SMILES string of the molecule is COC(=O)c1c(NC(=O)COc2ccc(C(C)(C)C)cc2)sc2c1CC[C@H](C)C2. The van der Waals surface area contributed by atoms with Gasteiger partial charge in [0.15, 0.2) is 6.61 Å². The molecule has 0 spiro atoms. The van der Waals surface area contributed by atoms with Crippen LogP contribution in [-0.2, 0) is 27.8 Å². The first-order chi connectivity index (χ1) is 13.7. The molecule has 1 amide bonds. The van der Waals surface area contributed by atoms with Gasteiger partial charge in [0, 0.05) is 4.88 Å². The molecule has 1 atom stereocenters. The Labute approximate surface area is 176 Å². The van der Waals surface area contributed by atoms with Crippen LogP contribution in [0.1, 0.15) is 60.5 Å². The third-order valence-electron chi connectivity index (χ3n) is 5.24. The van der Waals surface area contributed by atoms with Crippen molar-refractivity contribution in [1.29, 1.82) is 0 Å². The van der Waals surface area contributed by atoms with Crippen LogP contribution in [0.15, 0.2) is 24.3 Å². The molecule has 1 heterocycles. The highest BCUT2D eigenvalue weighted by atomic mass is 32.1. The molecule has 5 nitrogen and oxygen atoms in total. The molecule has 0 aliphatic heterocycles. The third kappa shape index (κ3) is 4.99. The molecule has 6 heteroatoms. The summed E-state index contributed by atoms with van der Waals surface area (Å²) in [7, 11) is 1.37. The van der Waals surface area contributed by atoms with Crippen molar-refractivity contribution in [3.8, 4) is 5.75 Å². The van der Waals surface area contributed by atoms with Crippen LogP contribution in [-0.4, -0.2) is 25.6 Å². The molecule has 0 unspecified atom stereocenters. The van der Waals surface area contributed by atoms with Crippen LogP contribution in [0, 0.1) is 5.92 Å². The minimum absolute atomic E-state index is 0.0654. The van der Waals surface area contributed by atoms with Gasteiger partial charge in [-0.3, -0.25) is 4.79 Å². The van der Waals surface area contributed by atoms with E-state index in [-0.39, 0.29) is 17.9 Å². The molecule has 29 heavy (non-hydrogen) atoms. The Hall–Kier alpha value is -2.34. The summed E-state index contributed by atoms with van der Waals surface area (Å²) in [6.07, 6.45) is 2.80. The van der Waals surface area contributed by atoms with Crippen LogP contribution >= 0.6 is 11.3 Å². The number of ether oxygens (including phenoxy) is 2. The van der Waals surface area contributed by atoms with Gasteiger partial charge in [-0.25, -0.2) is 4.79 Å². The Kier molecular flexibility index (Phi) is 6.32. The Morgan fingerprint density at radius 2 is 1.90 bits per heavy atom. The Bertz CT molecular complexity index is 893. The van der Waals surface area contributed by atoms with E-state index in [4.69, 9.17) is 9.47 Å². The van der Waals surface area contributed by atoms with Gasteiger partial charge in [-0.15, -0.1) is 11.3 Å². The van der Waals surface area contributed by atoms with Gasteiger partial charge in [-0.1, -0.05) is 39.8 Å². The lowest BCUT2D eigenvalue weighted by atomic mass is 9.87. The van der Waals surface area contributed by atoms with E-state index in [9.17, 15) is 9.59 Å². The molecular weight excluding hydrogens is 386 g/mol. The van der Waals surface area contributed by atoms with Crippen LogP contribution in [0.25, 0.3) is 0 Å². The number of esters is 1. The Balaban J connectivity index is 1.68. The summed E-state index contributed by atoms with van der Waals surface area (Å²) < 4.78 is 10.6. The number of anilines is 1. The molecule has 0 bridgehead atoms. The van der Waals surface area contributed by atoms with Crippen molar-refractivity contribution in [1.82, 2.24) is 0 Å². The highest BCUT2D eigenvalue weighted by Gasteiger charge is 2.28. The van der Waals surface area contributed by atoms with E-state index >= 15 is 0 Å². The number of hydrogen-bond donors (Lipinski definition) is 1. The van der Waals surface area contributed by atoms with Gasteiger partial charge in [-0.05, 0) is 53.9 Å². The van der Waals surface area contributed by atoms with Crippen molar-refractivity contribution in [3.05, 3.63) is 45.8 Å². The number of methoxy groups -OCH3 is 1. The molecule has 1 N–H and O–H groups in total. The number of fused-ring (bicyclic) bond motifs is 1. The monoisotopic (exact) mass is 415 g/mol. The van der Waals surface area contributed by atoms with Crippen molar-refractivity contribution in [2.24, 2.45) is 5.92 Å². The fraction of sp³-hybridized carbons (Fsp3) is 0.478. The van der Waals surface area contributed by atoms with E-state index in [2.05, 4.69) is 33.0 Å². The topological polar surface area (TPSA) is 64.6 Å². The zero-order chi connectivity index (χ0) is 21.2. The fourth-order valence-corrected chi connectivity index (χ4v) is 4.93. The highest BCUT2D eigenvalue weighted by Crippen LogP contribution is 2.40. The first kappa shape index (κ1) is 21.4. The minimum atomic E-state index is -0.397. The molecule has 0 fully saturated rings. The number of thiophene rings is 1. The smallest absolute Gasteiger partial charge is 0.341 e. The van der Waals surface area contributed by atoms with Crippen molar-refractivity contribution in [3.63, 3.8) is 0 Å². The quantitative estimate of drug-likeness (QED) is 0.700. The number of benzene rings is 1. The van der Waals surface area contributed by atoms with Gasteiger partial charge in [-0.2, -0.15) is 0 Å². The van der Waals surface area contributed by atoms with Crippen LogP contribution in [0.3, 0.4) is 0 Å². The van der Waals surface area contributed by atoms with E-state index in [1.165, 1.54) is 24.0 Å². The number of nitrogens with one attached hydrogen (secondary N) is 1. The fourth-order valence-electron chi connectivity index (χ4n) is 3.52. The van der Waals surface area contributed by atoms with Gasteiger partial charge < -0.3 is 14.8 Å². The second-order valence-electron chi connectivity index (χ2n) is 8.66. The summed E-state index contributed by atoms with van der Waals surface area (Å²) in [5, 5.41) is 3.42. The van der Waals surface area contributed by atoms with Gasteiger partial charge in [0.2, 0.25) is 0 Å². The van der Waals surface area contributed by atoms with E-state index < -0.39 is 5.97 Å². The lowest BCUT2D eigenvalue weighted by Gasteiger charge is -2.19. The van der Waals surface area contributed by atoms with Crippen LogP contribution < -0.4 is 10.1 Å². The Morgan fingerprint density at radius 3 is 2.52 bits per heavy atom. The molecule has 0 saturated heterocycles. The largest absolute Gasteiger partial charge is 0.484 e. The molecule has 156 valence electrons. The van der Waals surface area contributed by atoms with Crippen LogP contribution in [0.2, 0.25) is 0 Å². The number of carbonyl (C=O) groups is 2. The zero-order valence-electron chi connectivity index (χ0n) is 17.8. The summed E-state index contributed by atoms with van der Waals surface area (Å²) in [6.45, 7) is 8.54. The maximum atomic E-state index is 12.5. The number of carbonyl (C=O) groups excluding carboxylic acids is 2. The van der Waals surface area contributed by atoms with E-state index in [0.717, 1.165) is 29.7 Å². The lowest BCUT2D eigenvalue weighted by molar-refractivity contribution is -0.118. The van der Waals surface area contributed by atoms with Gasteiger partial charge in [0.25, 0.3) is 5.91 Å². The van der Waals surface area contributed by atoms with Gasteiger partial charge >= 0.3 is 5.97 Å². The Morgan fingerprint density at radius 1 is 1.21 bits per heavy atom. The minimum Gasteiger partial charge on any atom is -0.484 e. The molecule has 1 aliphatic carbocycles. The van der Waals surface area contributed by atoms with Crippen molar-refractivity contribution >= 4 is 28.2 Å². The first-order valence-electron chi connectivity index (χ1n) is 9.95. The molecule has 0 saturated carbocycles. The maximum Gasteiger partial charge on any atom is 0.341 e. The summed E-state index contributed by atoms with van der Waals surface area (Å²) in [5.41, 5.74) is 2.79. The van der Waals surface area contributed by atoms with Crippen LogP contribution in [0.5, 0.6) is 5.75 Å². The second kappa shape index (κ2) is 8.57. The average molecular weight is 416 g/mol. The number of rotatable bonds is 5. The number of amides is 1. The summed E-state index contributed by atoms with van der Waals surface area (Å²) in [5.74, 6) is 0.531. The average Bonchev–Trinajstić information content (AvgIpc) is 3.02. The standard InChI is InChI=1S/C23H29NO4S/c1-14-6-11-17-18(12-14)29-21(20(17)22(26)27-5)24-19(25)13-28-16-9-7-15(8-10-16)23(2,3)4/h7-10,14H,6,11-13H2,1-5H3,(H,24,25)/t14-/m0/s1. The first-order valence-corrected chi connectivity index (χ1v) is 10.8. The lowest BCUT2D eigenvalue weighted by Crippen LogP contribution is -2.21. The van der Waals surface area contributed by atoms with E-state index in [0.29, 0.717) is 22.2 Å².